The van der Waals surface area contributed by atoms with Crippen LogP contribution in [0.3, 0.4) is 0 Å². The first kappa shape index (κ1) is 20.6. The molecule has 1 aromatic heterocycles. The number of nitrogens with one attached hydrogen (secondary N) is 4. The SMILES string of the molecule is Cc1[nH]c2ccccc2c1C(=O)C[NH+]1CCC[NH+](CC(=O)NC(C)(C)C)CC1. The summed E-state index contributed by atoms with van der Waals surface area (Å²) in [5.41, 5.74) is 2.62. The molecule has 1 aromatic carbocycles. The van der Waals surface area contributed by atoms with Crippen molar-refractivity contribution in [2.75, 3.05) is 39.3 Å². The number of aryl methyl sites for hydroxylation is 1. The molecule has 6 nitrogen and oxygen atoms in total. The molecular weight excluding hydrogens is 352 g/mol. The van der Waals surface area contributed by atoms with E-state index in [2.05, 4.69) is 10.3 Å². The summed E-state index contributed by atoms with van der Waals surface area (Å²) < 4.78 is 0. The van der Waals surface area contributed by atoms with E-state index in [1.807, 2.05) is 52.0 Å². The van der Waals surface area contributed by atoms with Gasteiger partial charge in [-0.3, -0.25) is 9.59 Å². The van der Waals surface area contributed by atoms with Gasteiger partial charge in [0.15, 0.2) is 6.54 Å². The molecular formula is C22H34N4O2+2. The molecule has 6 heteroatoms. The molecule has 2 heterocycles. The van der Waals surface area contributed by atoms with Crippen molar-refractivity contribution in [1.29, 1.82) is 0 Å². The van der Waals surface area contributed by atoms with E-state index < -0.39 is 0 Å². The molecule has 1 saturated heterocycles. The normalized spacial score (nSPS) is 20.7. The molecule has 0 aliphatic carbocycles. The molecule has 1 aliphatic heterocycles. The topological polar surface area (TPSA) is 70.8 Å². The van der Waals surface area contributed by atoms with Gasteiger partial charge in [0.25, 0.3) is 5.91 Å². The van der Waals surface area contributed by atoms with E-state index in [0.29, 0.717) is 13.1 Å². The first-order valence-corrected chi connectivity index (χ1v) is 10.3. The van der Waals surface area contributed by atoms with Gasteiger partial charge in [0.05, 0.1) is 18.7 Å². The van der Waals surface area contributed by atoms with Gasteiger partial charge in [-0.2, -0.15) is 0 Å². The van der Waals surface area contributed by atoms with Crippen molar-refractivity contribution in [3.63, 3.8) is 0 Å². The van der Waals surface area contributed by atoms with Gasteiger partial charge < -0.3 is 20.1 Å². The van der Waals surface area contributed by atoms with E-state index in [-0.39, 0.29) is 17.2 Å². The summed E-state index contributed by atoms with van der Waals surface area (Å²) in [6.07, 6.45) is 1.04. The third kappa shape index (κ3) is 5.20. The average Bonchev–Trinajstić information content (AvgIpc) is 2.77. The van der Waals surface area contributed by atoms with E-state index >= 15 is 0 Å². The number of Topliss-reactive ketones (excluding diaryl/α,β-unsaturated/α-hetero) is 1. The summed E-state index contributed by atoms with van der Waals surface area (Å²) in [6, 6.07) is 8.00. The Kier molecular flexibility index (Phi) is 6.20. The lowest BCUT2D eigenvalue weighted by molar-refractivity contribution is -0.930. The van der Waals surface area contributed by atoms with Crippen LogP contribution < -0.4 is 15.1 Å². The second kappa shape index (κ2) is 8.45. The number of amides is 1. The zero-order valence-electron chi connectivity index (χ0n) is 17.6. The molecule has 2 unspecified atom stereocenters. The van der Waals surface area contributed by atoms with Gasteiger partial charge in [-0.1, -0.05) is 18.2 Å². The lowest BCUT2D eigenvalue weighted by Gasteiger charge is -2.22. The van der Waals surface area contributed by atoms with E-state index in [4.69, 9.17) is 0 Å². The number of carbonyl (C=O) groups is 2. The van der Waals surface area contributed by atoms with Crippen LogP contribution in [0.2, 0.25) is 0 Å². The fourth-order valence-electron chi connectivity index (χ4n) is 4.19. The Morgan fingerprint density at radius 2 is 1.68 bits per heavy atom. The molecule has 2 aromatic rings. The summed E-state index contributed by atoms with van der Waals surface area (Å²) in [6.45, 7) is 12.8. The van der Waals surface area contributed by atoms with E-state index in [0.717, 1.165) is 54.8 Å². The first-order valence-electron chi connectivity index (χ1n) is 10.3. The number of hydrogen-bond donors (Lipinski definition) is 4. The van der Waals surface area contributed by atoms with Crippen LogP contribution in [0.25, 0.3) is 10.9 Å². The number of fused-ring (bicyclic) bond motifs is 1. The number of benzene rings is 1. The van der Waals surface area contributed by atoms with Gasteiger partial charge in [-0.05, 0) is 33.8 Å². The Hall–Kier alpha value is -2.18. The molecule has 0 radical (unpaired) electrons. The van der Waals surface area contributed by atoms with Crippen LogP contribution in [0, 0.1) is 6.92 Å². The molecule has 4 N–H and O–H groups in total. The Morgan fingerprint density at radius 1 is 1.04 bits per heavy atom. The highest BCUT2D eigenvalue weighted by Crippen LogP contribution is 2.21. The van der Waals surface area contributed by atoms with E-state index in [1.54, 1.807) is 0 Å². The number of quaternary nitrogens is 2. The number of H-pyrrole nitrogens is 1. The van der Waals surface area contributed by atoms with Crippen LogP contribution in [0.1, 0.15) is 43.2 Å². The molecule has 152 valence electrons. The quantitative estimate of drug-likeness (QED) is 0.535. The van der Waals surface area contributed by atoms with Gasteiger partial charge in [-0.15, -0.1) is 0 Å². The highest BCUT2D eigenvalue weighted by atomic mass is 16.2. The van der Waals surface area contributed by atoms with Crippen LogP contribution in [0.15, 0.2) is 24.3 Å². The molecule has 1 fully saturated rings. The monoisotopic (exact) mass is 386 g/mol. The van der Waals surface area contributed by atoms with Crippen LogP contribution in [0.4, 0.5) is 0 Å². The second-order valence-corrected chi connectivity index (χ2v) is 9.10. The van der Waals surface area contributed by atoms with Crippen molar-refractivity contribution in [3.05, 3.63) is 35.5 Å². The van der Waals surface area contributed by atoms with Crippen LogP contribution in [-0.2, 0) is 4.79 Å². The third-order valence-corrected chi connectivity index (χ3v) is 5.40. The van der Waals surface area contributed by atoms with Crippen molar-refractivity contribution >= 4 is 22.6 Å². The standard InChI is InChI=1S/C22H32N4O2/c1-16-21(17-8-5-6-9-18(17)23-16)19(27)14-25-10-7-11-26(13-12-25)15-20(28)24-22(2,3)4/h5-6,8-9,23H,7,10-15H2,1-4H3,(H,24,28)/p+2. The number of carbonyl (C=O) groups excluding carboxylic acids is 2. The number of aromatic amines is 1. The number of para-hydroxylation sites is 1. The largest absolute Gasteiger partial charge is 0.358 e. The van der Waals surface area contributed by atoms with Crippen LogP contribution >= 0.6 is 0 Å². The fraction of sp³-hybridized carbons (Fsp3) is 0.545. The van der Waals surface area contributed by atoms with Crippen molar-refractivity contribution in [1.82, 2.24) is 10.3 Å². The van der Waals surface area contributed by atoms with Crippen molar-refractivity contribution in [2.24, 2.45) is 0 Å². The highest BCUT2D eigenvalue weighted by Gasteiger charge is 2.26. The van der Waals surface area contributed by atoms with Crippen molar-refractivity contribution in [3.8, 4) is 0 Å². The maximum Gasteiger partial charge on any atom is 0.275 e. The Balaban J connectivity index is 1.58. The summed E-state index contributed by atoms with van der Waals surface area (Å²) in [4.78, 5) is 31.2. The lowest BCUT2D eigenvalue weighted by Crippen LogP contribution is -3.18. The predicted octanol–water partition coefficient (Wildman–Crippen LogP) is -0.253. The number of hydrogen-bond acceptors (Lipinski definition) is 2. The molecule has 1 aliphatic rings. The number of ketones is 1. The molecule has 0 spiro atoms. The Labute approximate surface area is 167 Å². The van der Waals surface area contributed by atoms with Gasteiger partial charge in [0.1, 0.15) is 19.6 Å². The highest BCUT2D eigenvalue weighted by molar-refractivity contribution is 6.09. The first-order chi connectivity index (χ1) is 13.2. The van der Waals surface area contributed by atoms with Gasteiger partial charge in [-0.25, -0.2) is 0 Å². The predicted molar refractivity (Wildman–Crippen MR) is 111 cm³/mol. The average molecular weight is 387 g/mol. The summed E-state index contributed by atoms with van der Waals surface area (Å²) in [5, 5.41) is 4.07. The van der Waals surface area contributed by atoms with Gasteiger partial charge >= 0.3 is 0 Å². The number of aromatic nitrogens is 1. The summed E-state index contributed by atoms with van der Waals surface area (Å²) >= 11 is 0. The molecule has 1 amide bonds. The third-order valence-electron chi connectivity index (χ3n) is 5.40. The zero-order chi connectivity index (χ0) is 20.3. The minimum absolute atomic E-state index is 0.108. The molecule has 28 heavy (non-hydrogen) atoms. The Morgan fingerprint density at radius 3 is 2.36 bits per heavy atom. The fourth-order valence-corrected chi connectivity index (χ4v) is 4.19. The molecule has 2 atom stereocenters. The van der Waals surface area contributed by atoms with Crippen LogP contribution in [0.5, 0.6) is 0 Å². The van der Waals surface area contributed by atoms with E-state index in [9.17, 15) is 9.59 Å². The zero-order valence-corrected chi connectivity index (χ0v) is 17.6. The smallest absolute Gasteiger partial charge is 0.275 e. The lowest BCUT2D eigenvalue weighted by atomic mass is 10.1. The summed E-state index contributed by atoms with van der Waals surface area (Å²) in [7, 11) is 0. The van der Waals surface area contributed by atoms with E-state index in [1.165, 1.54) is 9.80 Å². The Bertz CT molecular complexity index is 850. The van der Waals surface area contributed by atoms with Crippen LogP contribution in [-0.4, -0.2) is 61.5 Å². The minimum Gasteiger partial charge on any atom is -0.358 e. The van der Waals surface area contributed by atoms with Gasteiger partial charge in [0, 0.05) is 28.6 Å². The van der Waals surface area contributed by atoms with Crippen molar-refractivity contribution < 1.29 is 19.4 Å². The van der Waals surface area contributed by atoms with Crippen molar-refractivity contribution in [2.45, 2.75) is 39.7 Å². The molecule has 0 saturated carbocycles. The van der Waals surface area contributed by atoms with Gasteiger partial charge in [0.2, 0.25) is 5.78 Å². The second-order valence-electron chi connectivity index (χ2n) is 9.10. The molecule has 3 rings (SSSR count). The number of rotatable bonds is 5. The maximum absolute atomic E-state index is 13.0. The summed E-state index contributed by atoms with van der Waals surface area (Å²) in [5.74, 6) is 0.315. The molecule has 0 bridgehead atoms. The minimum atomic E-state index is -0.191. The maximum atomic E-state index is 13.0.